The molecule has 2 aromatic heterocycles. The minimum absolute atomic E-state index is 0.148. The van der Waals surface area contributed by atoms with E-state index in [1.807, 2.05) is 6.07 Å². The SMILES string of the molecule is C[C@@H]1CN(c2nc(C3CC45CC4CCC35)ccc2C(=O)NS(=O)(=O)c2cccnc2N)C(C)(C)C1. The molecule has 4 fully saturated rings. The molecule has 4 unspecified atom stereocenters. The van der Waals surface area contributed by atoms with Crippen LogP contribution in [0.15, 0.2) is 35.4 Å². The van der Waals surface area contributed by atoms with Crippen LogP contribution in [0.4, 0.5) is 11.6 Å². The zero-order chi connectivity index (χ0) is 24.8. The Hall–Kier alpha value is -2.68. The van der Waals surface area contributed by atoms with E-state index in [0.29, 0.717) is 29.0 Å². The zero-order valence-electron chi connectivity index (χ0n) is 20.5. The first-order chi connectivity index (χ1) is 16.5. The van der Waals surface area contributed by atoms with E-state index in [4.69, 9.17) is 10.7 Å². The molecule has 3 heterocycles. The van der Waals surface area contributed by atoms with Crippen LogP contribution in [0.3, 0.4) is 0 Å². The van der Waals surface area contributed by atoms with Crippen LogP contribution in [-0.4, -0.2) is 36.4 Å². The molecule has 1 saturated heterocycles. The fourth-order valence-corrected chi connectivity index (χ4v) is 8.54. The third-order valence-electron chi connectivity index (χ3n) is 9.10. The van der Waals surface area contributed by atoms with Gasteiger partial charge in [-0.25, -0.2) is 23.1 Å². The quantitative estimate of drug-likeness (QED) is 0.649. The lowest BCUT2D eigenvalue weighted by atomic mass is 9.61. The lowest BCUT2D eigenvalue weighted by Crippen LogP contribution is -2.42. The molecule has 5 atom stereocenters. The van der Waals surface area contributed by atoms with Crippen LogP contribution in [0.1, 0.15) is 74.8 Å². The molecule has 186 valence electrons. The Morgan fingerprint density at radius 3 is 2.63 bits per heavy atom. The molecule has 4 aliphatic rings. The maximum atomic E-state index is 13.4. The van der Waals surface area contributed by atoms with Crippen LogP contribution in [0.25, 0.3) is 0 Å². The first-order valence-electron chi connectivity index (χ1n) is 12.6. The Bertz CT molecular complexity index is 1320. The summed E-state index contributed by atoms with van der Waals surface area (Å²) in [7, 11) is -4.19. The van der Waals surface area contributed by atoms with Crippen molar-refractivity contribution in [2.24, 2.45) is 23.2 Å². The number of rotatable bonds is 5. The van der Waals surface area contributed by atoms with Gasteiger partial charge in [-0.15, -0.1) is 0 Å². The van der Waals surface area contributed by atoms with Gasteiger partial charge < -0.3 is 10.6 Å². The number of amides is 1. The van der Waals surface area contributed by atoms with Gasteiger partial charge >= 0.3 is 0 Å². The Kier molecular flexibility index (Phi) is 4.82. The first-order valence-corrected chi connectivity index (χ1v) is 14.1. The van der Waals surface area contributed by atoms with E-state index in [0.717, 1.165) is 24.6 Å². The summed E-state index contributed by atoms with van der Waals surface area (Å²) in [5.74, 6) is 2.22. The fraction of sp³-hybridized carbons (Fsp3) is 0.577. The second-order valence-corrected chi connectivity index (χ2v) is 13.4. The number of hydrogen-bond donors (Lipinski definition) is 2. The number of pyridine rings is 2. The summed E-state index contributed by atoms with van der Waals surface area (Å²) >= 11 is 0. The maximum Gasteiger partial charge on any atom is 0.268 e. The summed E-state index contributed by atoms with van der Waals surface area (Å²) in [6.07, 6.45) is 7.54. The largest absolute Gasteiger partial charge is 0.383 e. The Labute approximate surface area is 206 Å². The topological polar surface area (TPSA) is 118 Å². The predicted octanol–water partition coefficient (Wildman–Crippen LogP) is 3.71. The third kappa shape index (κ3) is 3.45. The van der Waals surface area contributed by atoms with E-state index in [9.17, 15) is 13.2 Å². The van der Waals surface area contributed by atoms with Crippen molar-refractivity contribution in [3.8, 4) is 0 Å². The summed E-state index contributed by atoms with van der Waals surface area (Å²) in [5, 5.41) is 0. The van der Waals surface area contributed by atoms with Gasteiger partial charge in [0.05, 0.1) is 5.56 Å². The molecular weight excluding hydrogens is 462 g/mol. The predicted molar refractivity (Wildman–Crippen MR) is 133 cm³/mol. The van der Waals surface area contributed by atoms with Crippen molar-refractivity contribution in [3.63, 3.8) is 0 Å². The van der Waals surface area contributed by atoms with E-state index in [1.54, 1.807) is 6.07 Å². The van der Waals surface area contributed by atoms with Gasteiger partial charge in [0.1, 0.15) is 16.5 Å². The van der Waals surface area contributed by atoms with Crippen LogP contribution in [0, 0.1) is 23.2 Å². The average molecular weight is 496 g/mol. The molecule has 6 rings (SSSR count). The van der Waals surface area contributed by atoms with E-state index < -0.39 is 15.9 Å². The summed E-state index contributed by atoms with van der Waals surface area (Å²) in [6.45, 7) is 7.28. The van der Waals surface area contributed by atoms with Crippen molar-refractivity contribution in [2.75, 3.05) is 17.2 Å². The van der Waals surface area contributed by atoms with E-state index >= 15 is 0 Å². The van der Waals surface area contributed by atoms with Crippen LogP contribution >= 0.6 is 0 Å². The van der Waals surface area contributed by atoms with Gasteiger partial charge in [-0.3, -0.25) is 4.79 Å². The minimum Gasteiger partial charge on any atom is -0.383 e. The molecule has 1 spiro atoms. The van der Waals surface area contributed by atoms with Crippen LogP contribution in [0.5, 0.6) is 0 Å². The molecule has 0 aromatic carbocycles. The lowest BCUT2D eigenvalue weighted by molar-refractivity contribution is 0.0980. The van der Waals surface area contributed by atoms with Crippen LogP contribution in [-0.2, 0) is 10.0 Å². The number of carbonyl (C=O) groups is 1. The van der Waals surface area contributed by atoms with Gasteiger partial charge in [0, 0.05) is 29.9 Å². The van der Waals surface area contributed by atoms with Crippen LogP contribution < -0.4 is 15.4 Å². The molecule has 3 aliphatic carbocycles. The van der Waals surface area contributed by atoms with Crippen molar-refractivity contribution in [2.45, 2.75) is 69.2 Å². The first kappa shape index (κ1) is 22.8. The Balaban J connectivity index is 1.36. The Morgan fingerprint density at radius 1 is 1.17 bits per heavy atom. The van der Waals surface area contributed by atoms with Gasteiger partial charge in [0.15, 0.2) is 0 Å². The number of hydrogen-bond acceptors (Lipinski definition) is 7. The average Bonchev–Trinajstić information content (AvgIpc) is 3.35. The van der Waals surface area contributed by atoms with Gasteiger partial charge in [-0.2, -0.15) is 0 Å². The van der Waals surface area contributed by atoms with E-state index in [1.165, 1.54) is 44.0 Å². The molecule has 3 saturated carbocycles. The highest BCUT2D eigenvalue weighted by atomic mass is 32.2. The number of nitrogen functional groups attached to an aromatic ring is 1. The summed E-state index contributed by atoms with van der Waals surface area (Å²) in [5.41, 5.74) is 7.46. The maximum absolute atomic E-state index is 13.4. The highest BCUT2D eigenvalue weighted by Gasteiger charge is 2.71. The monoisotopic (exact) mass is 495 g/mol. The molecule has 1 amide bonds. The lowest BCUT2D eigenvalue weighted by Gasteiger charge is -2.44. The second-order valence-electron chi connectivity index (χ2n) is 11.8. The van der Waals surface area contributed by atoms with Crippen molar-refractivity contribution >= 4 is 27.6 Å². The summed E-state index contributed by atoms with van der Waals surface area (Å²) < 4.78 is 28.1. The number of nitrogens with two attached hydrogens (primary N) is 1. The van der Waals surface area contributed by atoms with Crippen molar-refractivity contribution in [1.29, 1.82) is 0 Å². The van der Waals surface area contributed by atoms with Gasteiger partial charge in [-0.05, 0) is 93.4 Å². The number of carbonyl (C=O) groups excluding carboxylic acids is 1. The molecule has 0 bridgehead atoms. The van der Waals surface area contributed by atoms with Crippen molar-refractivity contribution < 1.29 is 13.2 Å². The van der Waals surface area contributed by atoms with Gasteiger partial charge in [0.25, 0.3) is 15.9 Å². The summed E-state index contributed by atoms with van der Waals surface area (Å²) in [4.78, 5) is 24.3. The van der Waals surface area contributed by atoms with Crippen molar-refractivity contribution in [1.82, 2.24) is 14.7 Å². The number of nitrogens with zero attached hydrogens (tertiary/aromatic N) is 3. The second kappa shape index (κ2) is 7.41. The third-order valence-corrected chi connectivity index (χ3v) is 10.5. The number of sulfonamides is 1. The smallest absolute Gasteiger partial charge is 0.268 e. The molecule has 8 nitrogen and oxygen atoms in total. The number of nitrogens with one attached hydrogen (secondary N) is 1. The highest BCUT2D eigenvalue weighted by molar-refractivity contribution is 7.90. The van der Waals surface area contributed by atoms with E-state index in [2.05, 4.69) is 35.4 Å². The minimum atomic E-state index is -4.19. The summed E-state index contributed by atoms with van der Waals surface area (Å²) in [6, 6.07) is 6.51. The van der Waals surface area contributed by atoms with Gasteiger partial charge in [-0.1, -0.05) is 6.92 Å². The number of aromatic nitrogens is 2. The standard InChI is InChI=1S/C26H33N5O3S/c1-15-11-25(2,3)31(14-15)23-17(24(32)30-35(33,34)21-5-4-10-28-22(21)27)7-9-20(29-23)18-13-26-12-16(26)6-8-19(18)26/h4-5,7,9-10,15-16,18-19H,6,8,11-14H2,1-3H3,(H2,27,28)(H,30,32)/t15-,16?,18?,19?,26?/m0/s1. The molecule has 35 heavy (non-hydrogen) atoms. The fourth-order valence-electron chi connectivity index (χ4n) is 7.49. The van der Waals surface area contributed by atoms with E-state index in [-0.39, 0.29) is 21.8 Å². The molecule has 1 aliphatic heterocycles. The molecular formula is C26H33N5O3S. The zero-order valence-corrected chi connectivity index (χ0v) is 21.3. The van der Waals surface area contributed by atoms with Crippen LogP contribution in [0.2, 0.25) is 0 Å². The molecule has 9 heteroatoms. The number of anilines is 2. The molecule has 0 radical (unpaired) electrons. The van der Waals surface area contributed by atoms with Gasteiger partial charge in [0.2, 0.25) is 0 Å². The Morgan fingerprint density at radius 2 is 1.97 bits per heavy atom. The normalized spacial score (nSPS) is 32.5. The molecule has 3 N–H and O–H groups in total. The highest BCUT2D eigenvalue weighted by Crippen LogP contribution is 2.79. The van der Waals surface area contributed by atoms with Crippen molar-refractivity contribution in [3.05, 3.63) is 41.7 Å². The molecule has 2 aromatic rings.